The first-order chi connectivity index (χ1) is 6.61. The van der Waals surface area contributed by atoms with Crippen molar-refractivity contribution >= 4 is 31.9 Å². The van der Waals surface area contributed by atoms with Gasteiger partial charge in [-0.2, -0.15) is 0 Å². The predicted octanol–water partition coefficient (Wildman–Crippen LogP) is 3.15. The Morgan fingerprint density at radius 3 is 2.86 bits per heavy atom. The number of benzene rings is 1. The Morgan fingerprint density at radius 1 is 1.50 bits per heavy atom. The second-order valence-corrected chi connectivity index (χ2v) is 4.84. The normalized spacial score (nSPS) is 10.1. The number of para-hydroxylation sites is 1. The highest BCUT2D eigenvalue weighted by Crippen LogP contribution is 2.27. The van der Waals surface area contributed by atoms with Crippen molar-refractivity contribution in [3.05, 3.63) is 39.3 Å². The van der Waals surface area contributed by atoms with Crippen molar-refractivity contribution in [1.29, 1.82) is 0 Å². The number of halogens is 2. The fourth-order valence-electron chi connectivity index (χ4n) is 1.04. The summed E-state index contributed by atoms with van der Waals surface area (Å²) in [5.41, 5.74) is 0.869. The molecule has 0 saturated carbocycles. The van der Waals surface area contributed by atoms with E-state index in [9.17, 15) is 5.11 Å². The van der Waals surface area contributed by atoms with E-state index in [1.54, 1.807) is 0 Å². The predicted molar refractivity (Wildman–Crippen MR) is 65.6 cm³/mol. The van der Waals surface area contributed by atoms with Crippen molar-refractivity contribution in [2.24, 2.45) is 0 Å². The summed E-state index contributed by atoms with van der Waals surface area (Å²) in [6.07, 6.45) is 0. The zero-order chi connectivity index (χ0) is 10.6. The van der Waals surface area contributed by atoms with Crippen LogP contribution in [0.15, 0.2) is 33.7 Å². The highest BCUT2D eigenvalue weighted by atomic mass is 79.9. The Labute approximate surface area is 100 Å². The van der Waals surface area contributed by atoms with Gasteiger partial charge in [-0.05, 0) is 22.0 Å². The second-order valence-electron chi connectivity index (χ2n) is 2.87. The van der Waals surface area contributed by atoms with Crippen LogP contribution in [0.1, 0.15) is 5.56 Å². The standard InChI is InChI=1S/C10H11Br2NO/c1-7(11)5-13-6-8-3-2-4-9(12)10(8)14/h2-4,13-14H,1,5-6H2. The summed E-state index contributed by atoms with van der Waals surface area (Å²) >= 11 is 6.51. The lowest BCUT2D eigenvalue weighted by Crippen LogP contribution is -2.14. The third-order valence-electron chi connectivity index (χ3n) is 1.70. The lowest BCUT2D eigenvalue weighted by atomic mass is 10.2. The summed E-state index contributed by atoms with van der Waals surface area (Å²) in [7, 11) is 0. The zero-order valence-corrected chi connectivity index (χ0v) is 10.7. The first kappa shape index (κ1) is 11.8. The highest BCUT2D eigenvalue weighted by Gasteiger charge is 2.03. The van der Waals surface area contributed by atoms with Crippen molar-refractivity contribution in [3.63, 3.8) is 0 Å². The monoisotopic (exact) mass is 319 g/mol. The lowest BCUT2D eigenvalue weighted by Gasteiger charge is -2.07. The molecule has 0 aliphatic rings. The van der Waals surface area contributed by atoms with Gasteiger partial charge in [0.2, 0.25) is 0 Å². The first-order valence-electron chi connectivity index (χ1n) is 4.11. The molecule has 0 amide bonds. The second kappa shape index (κ2) is 5.53. The molecule has 0 heterocycles. The van der Waals surface area contributed by atoms with E-state index in [1.807, 2.05) is 18.2 Å². The Kier molecular flexibility index (Phi) is 4.65. The first-order valence-corrected chi connectivity index (χ1v) is 5.70. The molecule has 1 rings (SSSR count). The molecule has 0 radical (unpaired) electrons. The van der Waals surface area contributed by atoms with Gasteiger partial charge in [0.25, 0.3) is 0 Å². The van der Waals surface area contributed by atoms with Crippen LogP contribution in [0.4, 0.5) is 0 Å². The SMILES string of the molecule is C=C(Br)CNCc1cccc(Br)c1O. The maximum absolute atomic E-state index is 9.64. The van der Waals surface area contributed by atoms with E-state index in [4.69, 9.17) is 0 Å². The average Bonchev–Trinajstić information content (AvgIpc) is 2.12. The number of nitrogens with one attached hydrogen (secondary N) is 1. The molecule has 4 heteroatoms. The van der Waals surface area contributed by atoms with Gasteiger partial charge in [0.15, 0.2) is 0 Å². The Balaban J connectivity index is 2.59. The molecule has 2 nitrogen and oxygen atoms in total. The number of aromatic hydroxyl groups is 1. The zero-order valence-electron chi connectivity index (χ0n) is 7.56. The van der Waals surface area contributed by atoms with Gasteiger partial charge in [-0.3, -0.25) is 0 Å². The minimum atomic E-state index is 0.292. The molecule has 14 heavy (non-hydrogen) atoms. The van der Waals surface area contributed by atoms with Crippen LogP contribution in [0.3, 0.4) is 0 Å². The highest BCUT2D eigenvalue weighted by molar-refractivity contribution is 9.11. The average molecular weight is 321 g/mol. The number of phenolic OH excluding ortho intramolecular Hbond substituents is 1. The maximum atomic E-state index is 9.64. The van der Waals surface area contributed by atoms with Crippen molar-refractivity contribution in [2.75, 3.05) is 6.54 Å². The molecule has 2 N–H and O–H groups in total. The van der Waals surface area contributed by atoms with Crippen LogP contribution in [0.25, 0.3) is 0 Å². The minimum absolute atomic E-state index is 0.292. The molecule has 0 spiro atoms. The van der Waals surface area contributed by atoms with Crippen molar-refractivity contribution in [1.82, 2.24) is 5.32 Å². The molecular formula is C10H11Br2NO. The third kappa shape index (κ3) is 3.44. The summed E-state index contributed by atoms with van der Waals surface area (Å²) in [5.74, 6) is 0.292. The lowest BCUT2D eigenvalue weighted by molar-refractivity contribution is 0.462. The van der Waals surface area contributed by atoms with E-state index >= 15 is 0 Å². The third-order valence-corrected chi connectivity index (χ3v) is 2.62. The van der Waals surface area contributed by atoms with Crippen LogP contribution in [0, 0.1) is 0 Å². The fraction of sp³-hybridized carbons (Fsp3) is 0.200. The van der Waals surface area contributed by atoms with Crippen molar-refractivity contribution < 1.29 is 5.11 Å². The molecule has 0 unspecified atom stereocenters. The molecule has 0 aliphatic carbocycles. The Hall–Kier alpha value is -0.320. The van der Waals surface area contributed by atoms with E-state index in [0.29, 0.717) is 18.8 Å². The number of phenols is 1. The molecule has 1 aromatic rings. The molecule has 0 saturated heterocycles. The summed E-state index contributed by atoms with van der Waals surface area (Å²) in [6.45, 7) is 5.02. The van der Waals surface area contributed by atoms with Crippen LogP contribution in [-0.2, 0) is 6.54 Å². The quantitative estimate of drug-likeness (QED) is 0.893. The number of hydrogen-bond donors (Lipinski definition) is 2. The molecule has 76 valence electrons. The molecule has 0 fully saturated rings. The van der Waals surface area contributed by atoms with Gasteiger partial charge in [-0.25, -0.2) is 0 Å². The molecular weight excluding hydrogens is 310 g/mol. The number of rotatable bonds is 4. The molecule has 0 aliphatic heterocycles. The van der Waals surface area contributed by atoms with E-state index < -0.39 is 0 Å². The molecule has 0 aromatic heterocycles. The van der Waals surface area contributed by atoms with Crippen LogP contribution in [0.2, 0.25) is 0 Å². The summed E-state index contributed by atoms with van der Waals surface area (Å²) < 4.78 is 1.61. The smallest absolute Gasteiger partial charge is 0.134 e. The largest absolute Gasteiger partial charge is 0.506 e. The Bertz CT molecular complexity index is 339. The molecule has 1 aromatic carbocycles. The number of hydrogen-bond acceptors (Lipinski definition) is 2. The maximum Gasteiger partial charge on any atom is 0.134 e. The van der Waals surface area contributed by atoms with Crippen LogP contribution in [-0.4, -0.2) is 11.7 Å². The topological polar surface area (TPSA) is 32.3 Å². The van der Waals surface area contributed by atoms with E-state index in [1.165, 1.54) is 0 Å². The minimum Gasteiger partial charge on any atom is -0.506 e. The van der Waals surface area contributed by atoms with E-state index in [2.05, 4.69) is 43.8 Å². The van der Waals surface area contributed by atoms with E-state index in [0.717, 1.165) is 14.5 Å². The van der Waals surface area contributed by atoms with Crippen LogP contribution in [0.5, 0.6) is 5.75 Å². The van der Waals surface area contributed by atoms with Crippen molar-refractivity contribution in [2.45, 2.75) is 6.54 Å². The van der Waals surface area contributed by atoms with Gasteiger partial charge >= 0.3 is 0 Å². The molecule has 0 atom stereocenters. The van der Waals surface area contributed by atoms with Gasteiger partial charge in [-0.1, -0.05) is 34.6 Å². The van der Waals surface area contributed by atoms with Gasteiger partial charge in [0.05, 0.1) is 4.47 Å². The summed E-state index contributed by atoms with van der Waals surface area (Å²) in [6, 6.07) is 5.58. The summed E-state index contributed by atoms with van der Waals surface area (Å²) in [4.78, 5) is 0. The summed E-state index contributed by atoms with van der Waals surface area (Å²) in [5, 5.41) is 12.8. The van der Waals surface area contributed by atoms with Gasteiger partial charge in [0, 0.05) is 23.1 Å². The fourth-order valence-corrected chi connectivity index (χ4v) is 1.64. The van der Waals surface area contributed by atoms with Gasteiger partial charge < -0.3 is 10.4 Å². The van der Waals surface area contributed by atoms with Crippen LogP contribution >= 0.6 is 31.9 Å². The van der Waals surface area contributed by atoms with Gasteiger partial charge in [-0.15, -0.1) is 0 Å². The van der Waals surface area contributed by atoms with Crippen molar-refractivity contribution in [3.8, 4) is 5.75 Å². The Morgan fingerprint density at radius 2 is 2.21 bits per heavy atom. The van der Waals surface area contributed by atoms with Gasteiger partial charge in [0.1, 0.15) is 5.75 Å². The van der Waals surface area contributed by atoms with Crippen LogP contribution < -0.4 is 5.32 Å². The van der Waals surface area contributed by atoms with E-state index in [-0.39, 0.29) is 0 Å². The molecule has 0 bridgehead atoms.